The lowest BCUT2D eigenvalue weighted by Gasteiger charge is -2.11. The molecule has 1 aromatic carbocycles. The van der Waals surface area contributed by atoms with E-state index in [4.69, 9.17) is 4.74 Å². The molecule has 0 bridgehead atoms. The minimum absolute atomic E-state index is 0.0247. The predicted molar refractivity (Wildman–Crippen MR) is 66.7 cm³/mol. The predicted octanol–water partition coefficient (Wildman–Crippen LogP) is 1.58. The number of anilines is 1. The zero-order chi connectivity index (χ0) is 12.8. The van der Waals surface area contributed by atoms with E-state index in [9.17, 15) is 10.1 Å². The third-order valence-corrected chi connectivity index (χ3v) is 2.20. The van der Waals surface area contributed by atoms with Crippen LogP contribution in [0.2, 0.25) is 0 Å². The van der Waals surface area contributed by atoms with Crippen LogP contribution in [-0.4, -0.2) is 44.1 Å². The molecular weight excluding hydrogens is 222 g/mol. The Bertz CT molecular complexity index is 394. The number of hydrogen-bond donors (Lipinski definition) is 1. The average molecular weight is 239 g/mol. The van der Waals surface area contributed by atoms with Crippen LogP contribution >= 0.6 is 0 Å². The van der Waals surface area contributed by atoms with Crippen LogP contribution in [-0.2, 0) is 0 Å². The standard InChI is InChI=1S/C11H17N3O3/c1-12-9-6-10(14(15)16)8-11(7-9)17-5-4-13(2)3/h6-8,12H,4-5H2,1-3H3. The molecular formula is C11H17N3O3. The van der Waals surface area contributed by atoms with Gasteiger partial charge >= 0.3 is 0 Å². The highest BCUT2D eigenvalue weighted by Gasteiger charge is 2.09. The number of nitrogens with zero attached hydrogens (tertiary/aromatic N) is 2. The van der Waals surface area contributed by atoms with Gasteiger partial charge in [0.25, 0.3) is 5.69 Å². The largest absolute Gasteiger partial charge is 0.492 e. The van der Waals surface area contributed by atoms with Crippen molar-refractivity contribution in [1.29, 1.82) is 0 Å². The normalized spacial score (nSPS) is 10.4. The first-order valence-corrected chi connectivity index (χ1v) is 5.27. The molecule has 0 radical (unpaired) electrons. The molecule has 0 spiro atoms. The first kappa shape index (κ1) is 13.2. The summed E-state index contributed by atoms with van der Waals surface area (Å²) in [5.41, 5.74) is 0.691. The maximum Gasteiger partial charge on any atom is 0.275 e. The number of nitro benzene ring substituents is 1. The van der Waals surface area contributed by atoms with Gasteiger partial charge in [0.05, 0.1) is 11.0 Å². The number of hydrogen-bond acceptors (Lipinski definition) is 5. The molecule has 1 rings (SSSR count). The molecule has 6 heteroatoms. The van der Waals surface area contributed by atoms with E-state index < -0.39 is 4.92 Å². The maximum absolute atomic E-state index is 10.7. The van der Waals surface area contributed by atoms with Crippen LogP contribution < -0.4 is 10.1 Å². The highest BCUT2D eigenvalue weighted by atomic mass is 16.6. The topological polar surface area (TPSA) is 67.6 Å². The molecule has 0 aliphatic heterocycles. The molecule has 94 valence electrons. The first-order valence-electron chi connectivity index (χ1n) is 5.27. The SMILES string of the molecule is CNc1cc(OCCN(C)C)cc([N+](=O)[O-])c1. The van der Waals surface area contributed by atoms with Gasteiger partial charge in [-0.3, -0.25) is 10.1 Å². The van der Waals surface area contributed by atoms with Crippen molar-refractivity contribution in [1.82, 2.24) is 4.90 Å². The van der Waals surface area contributed by atoms with E-state index in [2.05, 4.69) is 5.32 Å². The number of nitro groups is 1. The minimum Gasteiger partial charge on any atom is -0.492 e. The summed E-state index contributed by atoms with van der Waals surface area (Å²) < 4.78 is 5.46. The second-order valence-corrected chi connectivity index (χ2v) is 3.87. The van der Waals surface area contributed by atoms with Crippen LogP contribution in [0.3, 0.4) is 0 Å². The zero-order valence-electron chi connectivity index (χ0n) is 10.3. The number of nitrogens with one attached hydrogen (secondary N) is 1. The number of benzene rings is 1. The van der Waals surface area contributed by atoms with Crippen molar-refractivity contribution >= 4 is 11.4 Å². The fourth-order valence-electron chi connectivity index (χ4n) is 1.26. The van der Waals surface area contributed by atoms with Gasteiger partial charge in [-0.15, -0.1) is 0 Å². The van der Waals surface area contributed by atoms with E-state index in [0.29, 0.717) is 18.0 Å². The number of likely N-dealkylation sites (N-methyl/N-ethyl adjacent to an activating group) is 1. The summed E-state index contributed by atoms with van der Waals surface area (Å²) in [6, 6.07) is 4.64. The van der Waals surface area contributed by atoms with E-state index in [0.717, 1.165) is 6.54 Å². The highest BCUT2D eigenvalue weighted by Crippen LogP contribution is 2.25. The molecule has 0 saturated heterocycles. The molecule has 1 N–H and O–H groups in total. The fraction of sp³-hybridized carbons (Fsp3) is 0.455. The van der Waals surface area contributed by atoms with Crippen molar-refractivity contribution in [2.75, 3.05) is 39.6 Å². The van der Waals surface area contributed by atoms with E-state index in [-0.39, 0.29) is 5.69 Å². The lowest BCUT2D eigenvalue weighted by Crippen LogP contribution is -2.19. The summed E-state index contributed by atoms with van der Waals surface area (Å²) in [7, 11) is 5.59. The molecule has 0 heterocycles. The lowest BCUT2D eigenvalue weighted by molar-refractivity contribution is -0.384. The van der Waals surface area contributed by atoms with Crippen molar-refractivity contribution in [3.8, 4) is 5.75 Å². The van der Waals surface area contributed by atoms with E-state index in [1.165, 1.54) is 12.1 Å². The van der Waals surface area contributed by atoms with E-state index >= 15 is 0 Å². The van der Waals surface area contributed by atoms with Crippen molar-refractivity contribution in [3.05, 3.63) is 28.3 Å². The third kappa shape index (κ3) is 4.28. The minimum atomic E-state index is -0.431. The molecule has 0 amide bonds. The lowest BCUT2D eigenvalue weighted by atomic mass is 10.2. The summed E-state index contributed by atoms with van der Waals surface area (Å²) in [5, 5.41) is 13.6. The maximum atomic E-state index is 10.7. The number of ether oxygens (including phenoxy) is 1. The third-order valence-electron chi connectivity index (χ3n) is 2.20. The van der Waals surface area contributed by atoms with Crippen LogP contribution in [0.25, 0.3) is 0 Å². The summed E-state index contributed by atoms with van der Waals surface area (Å²) in [6.45, 7) is 1.26. The van der Waals surface area contributed by atoms with E-state index in [1.54, 1.807) is 13.1 Å². The Balaban J connectivity index is 2.76. The van der Waals surface area contributed by atoms with Crippen LogP contribution in [0.5, 0.6) is 5.75 Å². The molecule has 6 nitrogen and oxygen atoms in total. The summed E-state index contributed by atoms with van der Waals surface area (Å²) >= 11 is 0. The molecule has 0 aliphatic carbocycles. The Kier molecular flexibility index (Phi) is 4.71. The Labute approximate surface area is 100 Å². The molecule has 17 heavy (non-hydrogen) atoms. The van der Waals surface area contributed by atoms with Crippen LogP contribution in [0, 0.1) is 10.1 Å². The number of non-ortho nitro benzene ring substituents is 1. The van der Waals surface area contributed by atoms with Gasteiger partial charge < -0.3 is 15.0 Å². The Hall–Kier alpha value is -1.82. The molecule has 0 unspecified atom stereocenters. The van der Waals surface area contributed by atoms with Crippen molar-refractivity contribution in [3.63, 3.8) is 0 Å². The summed E-state index contributed by atoms with van der Waals surface area (Å²) in [6.07, 6.45) is 0. The number of rotatable bonds is 6. The van der Waals surface area contributed by atoms with Crippen molar-refractivity contribution < 1.29 is 9.66 Å². The van der Waals surface area contributed by atoms with Gasteiger partial charge in [-0.1, -0.05) is 0 Å². The first-order chi connectivity index (χ1) is 8.02. The molecule has 0 aliphatic rings. The Morgan fingerprint density at radius 1 is 1.41 bits per heavy atom. The fourth-order valence-corrected chi connectivity index (χ4v) is 1.26. The highest BCUT2D eigenvalue weighted by molar-refractivity contribution is 5.55. The van der Waals surface area contributed by atoms with Gasteiger partial charge in [0.2, 0.25) is 0 Å². The Morgan fingerprint density at radius 3 is 2.65 bits per heavy atom. The second-order valence-electron chi connectivity index (χ2n) is 3.87. The van der Waals surface area contributed by atoms with Crippen LogP contribution in [0.4, 0.5) is 11.4 Å². The van der Waals surface area contributed by atoms with Gasteiger partial charge in [0, 0.05) is 31.4 Å². The van der Waals surface area contributed by atoms with Crippen LogP contribution in [0.15, 0.2) is 18.2 Å². The van der Waals surface area contributed by atoms with Gasteiger partial charge in [0.1, 0.15) is 12.4 Å². The molecule has 0 fully saturated rings. The summed E-state index contributed by atoms with van der Waals surface area (Å²) in [4.78, 5) is 12.3. The van der Waals surface area contributed by atoms with Crippen molar-refractivity contribution in [2.45, 2.75) is 0 Å². The van der Waals surface area contributed by atoms with E-state index in [1.807, 2.05) is 19.0 Å². The molecule has 0 atom stereocenters. The average Bonchev–Trinajstić information content (AvgIpc) is 2.28. The molecule has 1 aromatic rings. The Morgan fingerprint density at radius 2 is 2.12 bits per heavy atom. The van der Waals surface area contributed by atoms with Gasteiger partial charge in [0.15, 0.2) is 0 Å². The smallest absolute Gasteiger partial charge is 0.275 e. The van der Waals surface area contributed by atoms with Gasteiger partial charge in [-0.2, -0.15) is 0 Å². The zero-order valence-corrected chi connectivity index (χ0v) is 10.3. The summed E-state index contributed by atoms with van der Waals surface area (Å²) in [5.74, 6) is 0.505. The van der Waals surface area contributed by atoms with Gasteiger partial charge in [-0.05, 0) is 14.1 Å². The van der Waals surface area contributed by atoms with Gasteiger partial charge in [-0.25, -0.2) is 0 Å². The second kappa shape index (κ2) is 6.05. The van der Waals surface area contributed by atoms with Crippen LogP contribution in [0.1, 0.15) is 0 Å². The molecule has 0 saturated carbocycles. The molecule has 0 aromatic heterocycles. The van der Waals surface area contributed by atoms with Crippen molar-refractivity contribution in [2.24, 2.45) is 0 Å². The monoisotopic (exact) mass is 239 g/mol. The quantitative estimate of drug-likeness (QED) is 0.603.